The van der Waals surface area contributed by atoms with Gasteiger partial charge in [0, 0.05) is 6.04 Å². The lowest BCUT2D eigenvalue weighted by atomic mass is 9.84. The quantitative estimate of drug-likeness (QED) is 0.803. The van der Waals surface area contributed by atoms with Gasteiger partial charge in [0.2, 0.25) is 0 Å². The van der Waals surface area contributed by atoms with E-state index in [1.54, 1.807) is 24.3 Å². The summed E-state index contributed by atoms with van der Waals surface area (Å²) in [5, 5.41) is 15.3. The number of rotatable bonds is 3. The zero-order valence-electron chi connectivity index (χ0n) is 11.4. The van der Waals surface area contributed by atoms with Gasteiger partial charge < -0.3 is 15.7 Å². The first-order valence-corrected chi connectivity index (χ1v) is 7.49. The molecule has 1 aromatic rings. The molecule has 3 N–H and O–H groups in total. The molecule has 2 fully saturated rings. The van der Waals surface area contributed by atoms with E-state index in [-0.39, 0.29) is 17.9 Å². The van der Waals surface area contributed by atoms with Crippen LogP contribution in [-0.2, 0) is 4.79 Å². The van der Waals surface area contributed by atoms with Crippen LogP contribution in [0.2, 0.25) is 5.02 Å². The molecular weight excluding hydrogens is 292 g/mol. The smallest absolute Gasteiger partial charge is 0.319 e. The van der Waals surface area contributed by atoms with Crippen LogP contribution in [-0.4, -0.2) is 23.1 Å². The molecule has 4 unspecified atom stereocenters. The summed E-state index contributed by atoms with van der Waals surface area (Å²) in [6, 6.07) is 6.27. The summed E-state index contributed by atoms with van der Waals surface area (Å²) in [7, 11) is 0. The fraction of sp³-hybridized carbons (Fsp3) is 0.467. The summed E-state index contributed by atoms with van der Waals surface area (Å²) in [6.07, 6.45) is 2.84. The van der Waals surface area contributed by atoms with Crippen LogP contribution in [0.5, 0.6) is 0 Å². The van der Waals surface area contributed by atoms with Crippen molar-refractivity contribution in [3.63, 3.8) is 0 Å². The first-order chi connectivity index (χ1) is 10.1. The lowest BCUT2D eigenvalue weighted by Gasteiger charge is -2.28. The monoisotopic (exact) mass is 308 g/mol. The van der Waals surface area contributed by atoms with E-state index in [0.29, 0.717) is 10.7 Å². The van der Waals surface area contributed by atoms with Crippen molar-refractivity contribution < 1.29 is 14.7 Å². The van der Waals surface area contributed by atoms with E-state index >= 15 is 0 Å². The molecule has 2 bridgehead atoms. The van der Waals surface area contributed by atoms with Gasteiger partial charge in [-0.2, -0.15) is 0 Å². The van der Waals surface area contributed by atoms with E-state index in [4.69, 9.17) is 11.6 Å². The largest absolute Gasteiger partial charge is 0.481 e. The second kappa shape index (κ2) is 5.56. The Kier molecular flexibility index (Phi) is 3.76. The molecule has 2 aliphatic rings. The molecule has 0 heterocycles. The van der Waals surface area contributed by atoms with E-state index in [1.165, 1.54) is 0 Å². The lowest BCUT2D eigenvalue weighted by molar-refractivity contribution is -0.144. The minimum atomic E-state index is -0.815. The van der Waals surface area contributed by atoms with E-state index in [2.05, 4.69) is 10.6 Å². The van der Waals surface area contributed by atoms with Crippen molar-refractivity contribution in [3.05, 3.63) is 29.3 Å². The third-order valence-corrected chi connectivity index (χ3v) is 4.95. The summed E-state index contributed by atoms with van der Waals surface area (Å²) in [4.78, 5) is 23.5. The van der Waals surface area contributed by atoms with Gasteiger partial charge in [0.05, 0.1) is 16.6 Å². The number of carboxylic acid groups (broad SMARTS) is 1. The second-order valence-electron chi connectivity index (χ2n) is 5.80. The fourth-order valence-electron chi connectivity index (χ4n) is 3.73. The van der Waals surface area contributed by atoms with Gasteiger partial charge >= 0.3 is 12.0 Å². The Balaban J connectivity index is 1.67. The Morgan fingerprint density at radius 1 is 1.19 bits per heavy atom. The van der Waals surface area contributed by atoms with Gasteiger partial charge in [0.15, 0.2) is 0 Å². The van der Waals surface area contributed by atoms with Crippen LogP contribution >= 0.6 is 11.6 Å². The van der Waals surface area contributed by atoms with Crippen LogP contribution in [0.4, 0.5) is 10.5 Å². The third-order valence-electron chi connectivity index (χ3n) is 4.62. The fourth-order valence-corrected chi connectivity index (χ4v) is 3.91. The maximum atomic E-state index is 12.1. The maximum Gasteiger partial charge on any atom is 0.319 e. The third kappa shape index (κ3) is 2.70. The molecule has 0 aromatic heterocycles. The standard InChI is InChI=1S/C15H17ClN2O3/c16-10-3-1-2-4-11(10)17-15(21)18-13-9-6-5-8(7-9)12(13)14(19)20/h1-4,8-9,12-13H,5-7H2,(H,19,20)(H2,17,18,21). The van der Waals surface area contributed by atoms with Crippen LogP contribution in [0.1, 0.15) is 19.3 Å². The molecule has 0 aliphatic heterocycles. The van der Waals surface area contributed by atoms with E-state index in [9.17, 15) is 14.7 Å². The van der Waals surface area contributed by atoms with Crippen LogP contribution in [0.25, 0.3) is 0 Å². The molecule has 1 aromatic carbocycles. The molecule has 3 rings (SSSR count). The number of carbonyl (C=O) groups is 2. The minimum absolute atomic E-state index is 0.193. The lowest BCUT2D eigenvalue weighted by Crippen LogP contribution is -2.48. The van der Waals surface area contributed by atoms with Gasteiger partial charge in [-0.25, -0.2) is 4.79 Å². The van der Waals surface area contributed by atoms with E-state index in [1.807, 2.05) is 0 Å². The second-order valence-corrected chi connectivity index (χ2v) is 6.21. The first-order valence-electron chi connectivity index (χ1n) is 7.11. The number of carboxylic acids is 1. The normalized spacial score (nSPS) is 30.1. The van der Waals surface area contributed by atoms with Crippen LogP contribution in [0.15, 0.2) is 24.3 Å². The number of fused-ring (bicyclic) bond motifs is 2. The van der Waals surface area contributed by atoms with Gasteiger partial charge in [-0.1, -0.05) is 23.7 Å². The Morgan fingerprint density at radius 2 is 1.90 bits per heavy atom. The zero-order chi connectivity index (χ0) is 15.0. The SMILES string of the molecule is O=C(Nc1ccccc1Cl)NC1C2CCC(C2)C1C(=O)O. The van der Waals surface area contributed by atoms with Crippen LogP contribution in [0, 0.1) is 17.8 Å². The average molecular weight is 309 g/mol. The topological polar surface area (TPSA) is 78.4 Å². The Bertz CT molecular complexity index is 578. The number of anilines is 1. The molecule has 2 saturated carbocycles. The number of carbonyl (C=O) groups excluding carboxylic acids is 1. The highest BCUT2D eigenvalue weighted by molar-refractivity contribution is 6.33. The molecule has 0 spiro atoms. The minimum Gasteiger partial charge on any atom is -0.481 e. The van der Waals surface area contributed by atoms with Gasteiger partial charge in [0.25, 0.3) is 0 Å². The van der Waals surface area contributed by atoms with Crippen molar-refractivity contribution in [1.82, 2.24) is 5.32 Å². The number of urea groups is 1. The van der Waals surface area contributed by atoms with Crippen molar-refractivity contribution in [1.29, 1.82) is 0 Å². The summed E-state index contributed by atoms with van der Waals surface area (Å²) in [5.74, 6) is -0.822. The number of halogens is 1. The Labute approximate surface area is 127 Å². The summed E-state index contributed by atoms with van der Waals surface area (Å²) < 4.78 is 0. The summed E-state index contributed by atoms with van der Waals surface area (Å²) in [5.41, 5.74) is 0.520. The van der Waals surface area contributed by atoms with Crippen molar-refractivity contribution in [2.24, 2.45) is 17.8 Å². The molecule has 6 heteroatoms. The Hall–Kier alpha value is -1.75. The van der Waals surface area contributed by atoms with Gasteiger partial charge in [0.1, 0.15) is 0 Å². The van der Waals surface area contributed by atoms with Gasteiger partial charge in [-0.3, -0.25) is 4.79 Å². The van der Waals surface area contributed by atoms with Gasteiger partial charge in [-0.05, 0) is 43.2 Å². The zero-order valence-corrected chi connectivity index (χ0v) is 12.1. The number of hydrogen-bond acceptors (Lipinski definition) is 2. The average Bonchev–Trinajstić information content (AvgIpc) is 3.02. The molecule has 2 aliphatic carbocycles. The van der Waals surface area contributed by atoms with Crippen molar-refractivity contribution in [3.8, 4) is 0 Å². The number of para-hydroxylation sites is 1. The van der Waals surface area contributed by atoms with Crippen molar-refractivity contribution >= 4 is 29.3 Å². The number of hydrogen-bond donors (Lipinski definition) is 3. The molecule has 21 heavy (non-hydrogen) atoms. The molecule has 0 saturated heterocycles. The first kappa shape index (κ1) is 14.2. The predicted octanol–water partition coefficient (Wildman–Crippen LogP) is 2.96. The molecular formula is C15H17ClN2O3. The van der Waals surface area contributed by atoms with Gasteiger partial charge in [-0.15, -0.1) is 0 Å². The van der Waals surface area contributed by atoms with Crippen molar-refractivity contribution in [2.75, 3.05) is 5.32 Å². The summed E-state index contributed by atoms with van der Waals surface area (Å²) in [6.45, 7) is 0. The highest BCUT2D eigenvalue weighted by atomic mass is 35.5. The van der Waals surface area contributed by atoms with E-state index < -0.39 is 17.9 Å². The number of aliphatic carboxylic acids is 1. The summed E-state index contributed by atoms with van der Waals surface area (Å²) >= 11 is 5.99. The predicted molar refractivity (Wildman–Crippen MR) is 79.4 cm³/mol. The van der Waals surface area contributed by atoms with E-state index in [0.717, 1.165) is 19.3 Å². The number of benzene rings is 1. The molecule has 5 nitrogen and oxygen atoms in total. The number of amides is 2. The molecule has 4 atom stereocenters. The highest BCUT2D eigenvalue weighted by Crippen LogP contribution is 2.48. The van der Waals surface area contributed by atoms with Crippen LogP contribution < -0.4 is 10.6 Å². The maximum absolute atomic E-state index is 12.1. The molecule has 2 amide bonds. The van der Waals surface area contributed by atoms with Crippen molar-refractivity contribution in [2.45, 2.75) is 25.3 Å². The number of nitrogens with one attached hydrogen (secondary N) is 2. The molecule has 0 radical (unpaired) electrons. The Morgan fingerprint density at radius 3 is 2.62 bits per heavy atom. The highest BCUT2D eigenvalue weighted by Gasteiger charge is 2.51. The van der Waals surface area contributed by atoms with Crippen LogP contribution in [0.3, 0.4) is 0 Å². The molecule has 112 valence electrons.